The number of carbonyl (C=O) groups is 1. The number of benzene rings is 1. The maximum Gasteiger partial charge on any atom is 0.352 e. The lowest BCUT2D eigenvalue weighted by Crippen LogP contribution is -2.06. The zero-order chi connectivity index (χ0) is 13.3. The fraction of sp³-hybridized carbons (Fsp3) is 0.0833. The number of nitrogens with zero attached hydrogens (tertiary/aromatic N) is 1. The van der Waals surface area contributed by atoms with Crippen LogP contribution < -0.4 is 4.74 Å². The number of carboxylic acid groups (broad SMARTS) is 1. The molecule has 0 saturated carbocycles. The van der Waals surface area contributed by atoms with Crippen LogP contribution in [0, 0.1) is 5.82 Å². The van der Waals surface area contributed by atoms with E-state index in [0.29, 0.717) is 5.69 Å². The first-order valence-electron chi connectivity index (χ1n) is 4.98. The minimum absolute atomic E-state index is 0.00587. The molecule has 0 aliphatic carbocycles. The van der Waals surface area contributed by atoms with Crippen LogP contribution in [0.4, 0.5) is 4.39 Å². The first-order chi connectivity index (χ1) is 8.52. The van der Waals surface area contributed by atoms with Crippen LogP contribution in [-0.4, -0.2) is 22.8 Å². The number of rotatable bonds is 3. The third-order valence-corrected chi connectivity index (χ3v) is 2.63. The first-order valence-corrected chi connectivity index (χ1v) is 5.36. The van der Waals surface area contributed by atoms with Crippen LogP contribution in [0.5, 0.6) is 5.75 Å². The number of aromatic nitrogens is 1. The van der Waals surface area contributed by atoms with E-state index in [-0.39, 0.29) is 16.5 Å². The zero-order valence-electron chi connectivity index (χ0n) is 9.35. The Hall–Kier alpha value is -2.01. The second-order valence-corrected chi connectivity index (χ2v) is 3.97. The Balaban J connectivity index is 2.58. The van der Waals surface area contributed by atoms with E-state index in [4.69, 9.17) is 21.4 Å². The molecule has 1 N–H and O–H groups in total. The summed E-state index contributed by atoms with van der Waals surface area (Å²) in [5.41, 5.74) is 0.450. The van der Waals surface area contributed by atoms with Gasteiger partial charge in [-0.15, -0.1) is 0 Å². The van der Waals surface area contributed by atoms with Crippen LogP contribution in [0.3, 0.4) is 0 Å². The van der Waals surface area contributed by atoms with Crippen molar-refractivity contribution in [1.29, 1.82) is 0 Å². The number of carboxylic acids is 1. The summed E-state index contributed by atoms with van der Waals surface area (Å²) in [5, 5.41) is 9.32. The normalized spacial score (nSPS) is 10.4. The number of ether oxygens (including phenoxy) is 1. The van der Waals surface area contributed by atoms with E-state index in [0.717, 1.165) is 0 Å². The Bertz CT molecular complexity index is 609. The highest BCUT2D eigenvalue weighted by Crippen LogP contribution is 2.24. The van der Waals surface area contributed by atoms with Gasteiger partial charge in [-0.2, -0.15) is 0 Å². The molecular formula is C12H9ClFNO3. The molecule has 94 valence electrons. The average molecular weight is 270 g/mol. The van der Waals surface area contributed by atoms with Crippen LogP contribution in [0.2, 0.25) is 5.02 Å². The Morgan fingerprint density at radius 2 is 2.17 bits per heavy atom. The van der Waals surface area contributed by atoms with E-state index in [9.17, 15) is 9.18 Å². The van der Waals surface area contributed by atoms with E-state index >= 15 is 0 Å². The van der Waals surface area contributed by atoms with Crippen molar-refractivity contribution in [3.8, 4) is 11.4 Å². The fourth-order valence-electron chi connectivity index (χ4n) is 1.61. The highest BCUT2D eigenvalue weighted by Gasteiger charge is 2.14. The van der Waals surface area contributed by atoms with Crippen molar-refractivity contribution in [2.75, 3.05) is 7.11 Å². The van der Waals surface area contributed by atoms with E-state index in [1.165, 1.54) is 42.1 Å². The number of methoxy groups -OCH3 is 1. The third-order valence-electron chi connectivity index (χ3n) is 2.42. The lowest BCUT2D eigenvalue weighted by atomic mass is 10.2. The molecule has 18 heavy (non-hydrogen) atoms. The van der Waals surface area contributed by atoms with E-state index in [1.807, 2.05) is 0 Å². The van der Waals surface area contributed by atoms with Crippen LogP contribution in [0.25, 0.3) is 5.69 Å². The molecule has 2 rings (SSSR count). The summed E-state index contributed by atoms with van der Waals surface area (Å²) < 4.78 is 19.5. The van der Waals surface area contributed by atoms with Gasteiger partial charge in [0.1, 0.15) is 5.69 Å². The van der Waals surface area contributed by atoms with Gasteiger partial charge in [0.05, 0.1) is 12.1 Å². The first kappa shape index (κ1) is 12.4. The molecule has 0 amide bonds. The second-order valence-electron chi connectivity index (χ2n) is 3.54. The fourth-order valence-corrected chi connectivity index (χ4v) is 1.81. The quantitative estimate of drug-likeness (QED) is 0.932. The molecule has 2 aromatic rings. The molecule has 0 aliphatic rings. The second kappa shape index (κ2) is 4.70. The number of aromatic carboxylic acids is 1. The van der Waals surface area contributed by atoms with Gasteiger partial charge in [-0.05, 0) is 18.2 Å². The molecule has 0 atom stereocenters. The summed E-state index contributed by atoms with van der Waals surface area (Å²) in [7, 11) is 1.34. The smallest absolute Gasteiger partial charge is 0.352 e. The van der Waals surface area contributed by atoms with Gasteiger partial charge in [-0.3, -0.25) is 0 Å². The highest BCUT2D eigenvalue weighted by atomic mass is 35.5. The molecular weight excluding hydrogens is 261 g/mol. The molecule has 0 fully saturated rings. The average Bonchev–Trinajstić information content (AvgIpc) is 2.72. The SMILES string of the molecule is COc1cc(-n2cc(Cl)cc2C(=O)O)ccc1F. The van der Waals surface area contributed by atoms with Gasteiger partial charge in [0.2, 0.25) is 0 Å². The Morgan fingerprint density at radius 3 is 2.78 bits per heavy atom. The van der Waals surface area contributed by atoms with E-state index < -0.39 is 11.8 Å². The van der Waals surface area contributed by atoms with Gasteiger partial charge in [0, 0.05) is 18.0 Å². The number of halogens is 2. The number of hydrogen-bond acceptors (Lipinski definition) is 2. The summed E-state index contributed by atoms with van der Waals surface area (Å²) in [6.07, 6.45) is 1.44. The molecule has 0 saturated heterocycles. The predicted octanol–water partition coefficient (Wildman–Crippen LogP) is 2.98. The van der Waals surface area contributed by atoms with Crippen molar-refractivity contribution in [2.24, 2.45) is 0 Å². The Kier molecular flexibility index (Phi) is 3.25. The van der Waals surface area contributed by atoms with Gasteiger partial charge in [0.15, 0.2) is 11.6 Å². The Labute approximate surface area is 107 Å². The molecule has 0 unspecified atom stereocenters. The van der Waals surface area contributed by atoms with Gasteiger partial charge >= 0.3 is 5.97 Å². The highest BCUT2D eigenvalue weighted by molar-refractivity contribution is 6.31. The minimum Gasteiger partial charge on any atom is -0.494 e. The van der Waals surface area contributed by atoms with Crippen LogP contribution in [-0.2, 0) is 0 Å². The summed E-state index contributed by atoms with van der Waals surface area (Å²) in [6.45, 7) is 0. The molecule has 4 nitrogen and oxygen atoms in total. The van der Waals surface area contributed by atoms with Crippen molar-refractivity contribution < 1.29 is 19.0 Å². The standard InChI is InChI=1S/C12H9ClFNO3/c1-18-11-5-8(2-3-9(11)14)15-6-7(13)4-10(15)12(16)17/h2-6H,1H3,(H,16,17). The van der Waals surface area contributed by atoms with Crippen molar-refractivity contribution >= 4 is 17.6 Å². The molecule has 6 heteroatoms. The predicted molar refractivity (Wildman–Crippen MR) is 64.2 cm³/mol. The van der Waals surface area contributed by atoms with Gasteiger partial charge in [0.25, 0.3) is 0 Å². The zero-order valence-corrected chi connectivity index (χ0v) is 10.1. The van der Waals surface area contributed by atoms with Crippen molar-refractivity contribution in [3.05, 3.63) is 47.0 Å². The van der Waals surface area contributed by atoms with E-state index in [2.05, 4.69) is 0 Å². The lowest BCUT2D eigenvalue weighted by Gasteiger charge is -2.08. The molecule has 1 aromatic carbocycles. The molecule has 0 radical (unpaired) electrons. The van der Waals surface area contributed by atoms with Gasteiger partial charge < -0.3 is 14.4 Å². The van der Waals surface area contributed by atoms with Crippen LogP contribution >= 0.6 is 11.6 Å². The summed E-state index contributed by atoms with van der Waals surface area (Å²) in [5.74, 6) is -1.60. The van der Waals surface area contributed by atoms with Gasteiger partial charge in [-0.25, -0.2) is 9.18 Å². The summed E-state index contributed by atoms with van der Waals surface area (Å²) in [4.78, 5) is 11.0. The number of hydrogen-bond donors (Lipinski definition) is 1. The Morgan fingerprint density at radius 1 is 1.44 bits per heavy atom. The molecule has 1 heterocycles. The lowest BCUT2D eigenvalue weighted by molar-refractivity contribution is 0.0688. The van der Waals surface area contributed by atoms with E-state index in [1.54, 1.807) is 0 Å². The molecule has 0 aliphatic heterocycles. The maximum absolute atomic E-state index is 13.3. The summed E-state index contributed by atoms with van der Waals surface area (Å²) >= 11 is 5.77. The largest absolute Gasteiger partial charge is 0.494 e. The van der Waals surface area contributed by atoms with Crippen LogP contribution in [0.15, 0.2) is 30.5 Å². The van der Waals surface area contributed by atoms with Crippen LogP contribution in [0.1, 0.15) is 10.5 Å². The third kappa shape index (κ3) is 2.17. The molecule has 0 spiro atoms. The molecule has 1 aromatic heterocycles. The topological polar surface area (TPSA) is 51.5 Å². The minimum atomic E-state index is -1.12. The van der Waals surface area contributed by atoms with Gasteiger partial charge in [-0.1, -0.05) is 11.6 Å². The van der Waals surface area contributed by atoms with Crippen molar-refractivity contribution in [2.45, 2.75) is 0 Å². The monoisotopic (exact) mass is 269 g/mol. The van der Waals surface area contributed by atoms with Crippen molar-refractivity contribution in [3.63, 3.8) is 0 Å². The summed E-state index contributed by atoms with van der Waals surface area (Å²) in [6, 6.07) is 5.37. The molecule has 0 bridgehead atoms. The van der Waals surface area contributed by atoms with Crippen molar-refractivity contribution in [1.82, 2.24) is 4.57 Å². The maximum atomic E-state index is 13.3.